The molecule has 1 spiro atoms. The molecule has 1 aliphatic carbocycles. The Bertz CT molecular complexity index is 583. The van der Waals surface area contributed by atoms with Crippen LogP contribution in [0.5, 0.6) is 0 Å². The van der Waals surface area contributed by atoms with Gasteiger partial charge in [-0.15, -0.1) is 0 Å². The summed E-state index contributed by atoms with van der Waals surface area (Å²) in [6.45, 7) is 4.04. The van der Waals surface area contributed by atoms with Crippen LogP contribution < -0.4 is 0 Å². The number of nitrogens with zero attached hydrogens (tertiary/aromatic N) is 3. The third kappa shape index (κ3) is 3.85. The van der Waals surface area contributed by atoms with E-state index in [2.05, 4.69) is 9.97 Å². The Labute approximate surface area is 148 Å². The standard InChI is InChI=1S/C19H27N3O3/c23-18(17-20-8-1-9-21-17)22-10-6-19(7-11-22)16(5-13-25-19)4-12-24-14-15-2-3-15/h1,8-9,15-16H,2-7,10-14H2/t16-/m1/s1. The Hall–Kier alpha value is -1.53. The molecule has 0 aromatic carbocycles. The topological polar surface area (TPSA) is 64.6 Å². The number of carbonyl (C=O) groups is 1. The number of hydrogen-bond acceptors (Lipinski definition) is 5. The van der Waals surface area contributed by atoms with E-state index in [0.717, 1.165) is 64.5 Å². The first-order chi connectivity index (χ1) is 12.3. The van der Waals surface area contributed by atoms with Crippen LogP contribution in [0, 0.1) is 11.8 Å². The third-order valence-corrected chi connectivity index (χ3v) is 5.92. The average Bonchev–Trinajstić information content (AvgIpc) is 3.41. The Balaban J connectivity index is 1.29. The van der Waals surface area contributed by atoms with Gasteiger partial charge in [-0.3, -0.25) is 4.79 Å². The quantitative estimate of drug-likeness (QED) is 0.740. The summed E-state index contributed by atoms with van der Waals surface area (Å²) in [5.41, 5.74) is -0.0583. The molecule has 6 heteroatoms. The molecule has 1 atom stereocenters. The van der Waals surface area contributed by atoms with Crippen molar-refractivity contribution in [2.45, 2.75) is 44.1 Å². The molecule has 1 saturated carbocycles. The zero-order chi connectivity index (χ0) is 17.1. The van der Waals surface area contributed by atoms with E-state index < -0.39 is 0 Å². The molecule has 3 heterocycles. The number of piperidine rings is 1. The molecule has 1 aromatic rings. The van der Waals surface area contributed by atoms with Crippen LogP contribution in [0.3, 0.4) is 0 Å². The van der Waals surface area contributed by atoms with Crippen molar-refractivity contribution in [2.75, 3.05) is 32.9 Å². The van der Waals surface area contributed by atoms with E-state index in [9.17, 15) is 4.79 Å². The van der Waals surface area contributed by atoms with Crippen LogP contribution in [0.15, 0.2) is 18.5 Å². The Morgan fingerprint density at radius 1 is 1.24 bits per heavy atom. The maximum absolute atomic E-state index is 12.5. The monoisotopic (exact) mass is 345 g/mol. The average molecular weight is 345 g/mol. The van der Waals surface area contributed by atoms with Crippen LogP contribution in [0.1, 0.15) is 49.1 Å². The van der Waals surface area contributed by atoms with Crippen molar-refractivity contribution in [3.05, 3.63) is 24.3 Å². The third-order valence-electron chi connectivity index (χ3n) is 5.92. The summed E-state index contributed by atoms with van der Waals surface area (Å²) < 4.78 is 12.0. The van der Waals surface area contributed by atoms with Crippen molar-refractivity contribution >= 4 is 5.91 Å². The lowest BCUT2D eigenvalue weighted by Crippen LogP contribution is -2.49. The molecule has 3 fully saturated rings. The highest BCUT2D eigenvalue weighted by Gasteiger charge is 2.46. The number of rotatable bonds is 6. The van der Waals surface area contributed by atoms with Gasteiger partial charge in [-0.1, -0.05) is 0 Å². The Morgan fingerprint density at radius 3 is 2.72 bits per heavy atom. The van der Waals surface area contributed by atoms with Gasteiger partial charge >= 0.3 is 0 Å². The number of ether oxygens (including phenoxy) is 2. The first kappa shape index (κ1) is 16.9. The number of carbonyl (C=O) groups excluding carboxylic acids is 1. The second-order valence-electron chi connectivity index (χ2n) is 7.57. The van der Waals surface area contributed by atoms with Crippen LogP contribution in [0.4, 0.5) is 0 Å². The van der Waals surface area contributed by atoms with E-state index in [-0.39, 0.29) is 17.3 Å². The molecule has 3 aliphatic rings. The van der Waals surface area contributed by atoms with Crippen molar-refractivity contribution < 1.29 is 14.3 Å². The van der Waals surface area contributed by atoms with Crippen molar-refractivity contribution in [2.24, 2.45) is 11.8 Å². The minimum atomic E-state index is -0.0715. The minimum absolute atomic E-state index is 0.0583. The summed E-state index contributed by atoms with van der Waals surface area (Å²) in [7, 11) is 0. The van der Waals surface area contributed by atoms with E-state index in [1.165, 1.54) is 12.8 Å². The summed E-state index contributed by atoms with van der Waals surface area (Å²) in [5, 5.41) is 0. The zero-order valence-corrected chi connectivity index (χ0v) is 14.7. The largest absolute Gasteiger partial charge is 0.381 e. The molecular formula is C19H27N3O3. The van der Waals surface area contributed by atoms with E-state index >= 15 is 0 Å². The molecular weight excluding hydrogens is 318 g/mol. The maximum atomic E-state index is 12.5. The highest BCUT2D eigenvalue weighted by atomic mass is 16.5. The van der Waals surface area contributed by atoms with Gasteiger partial charge in [-0.25, -0.2) is 9.97 Å². The number of aromatic nitrogens is 2. The lowest BCUT2D eigenvalue weighted by atomic mass is 9.78. The van der Waals surface area contributed by atoms with Gasteiger partial charge in [0.25, 0.3) is 5.91 Å². The van der Waals surface area contributed by atoms with E-state index in [1.54, 1.807) is 18.5 Å². The molecule has 0 radical (unpaired) electrons. The van der Waals surface area contributed by atoms with Gasteiger partial charge in [0.05, 0.1) is 5.60 Å². The Kier molecular flexibility index (Phi) is 4.99. The SMILES string of the molecule is O=C(c1ncccn1)N1CCC2(CC1)OCC[C@H]2CCOCC1CC1. The molecule has 25 heavy (non-hydrogen) atoms. The smallest absolute Gasteiger partial charge is 0.291 e. The van der Waals surface area contributed by atoms with Crippen LogP contribution >= 0.6 is 0 Å². The highest BCUT2D eigenvalue weighted by molar-refractivity contribution is 5.90. The van der Waals surface area contributed by atoms with Gasteiger partial charge in [-0.05, 0) is 56.4 Å². The van der Waals surface area contributed by atoms with Crippen molar-refractivity contribution in [1.29, 1.82) is 0 Å². The molecule has 6 nitrogen and oxygen atoms in total. The lowest BCUT2D eigenvalue weighted by Gasteiger charge is -2.42. The van der Waals surface area contributed by atoms with E-state index in [0.29, 0.717) is 5.92 Å². The normalized spacial score (nSPS) is 25.4. The number of amides is 1. The summed E-state index contributed by atoms with van der Waals surface area (Å²) >= 11 is 0. The van der Waals surface area contributed by atoms with Gasteiger partial charge < -0.3 is 14.4 Å². The van der Waals surface area contributed by atoms with Crippen molar-refractivity contribution in [3.63, 3.8) is 0 Å². The second kappa shape index (κ2) is 7.38. The van der Waals surface area contributed by atoms with Gasteiger partial charge in [0.1, 0.15) is 0 Å². The molecule has 2 saturated heterocycles. The fourth-order valence-corrected chi connectivity index (χ4v) is 4.14. The first-order valence-corrected chi connectivity index (χ1v) is 9.55. The zero-order valence-electron chi connectivity index (χ0n) is 14.7. The van der Waals surface area contributed by atoms with Crippen molar-refractivity contribution in [1.82, 2.24) is 14.9 Å². The number of hydrogen-bond donors (Lipinski definition) is 0. The second-order valence-corrected chi connectivity index (χ2v) is 7.57. The maximum Gasteiger partial charge on any atom is 0.291 e. The molecule has 0 bridgehead atoms. The fourth-order valence-electron chi connectivity index (χ4n) is 4.14. The molecule has 136 valence electrons. The molecule has 2 aliphatic heterocycles. The van der Waals surface area contributed by atoms with E-state index in [4.69, 9.17) is 9.47 Å². The van der Waals surface area contributed by atoms with Crippen LogP contribution in [-0.4, -0.2) is 59.3 Å². The van der Waals surface area contributed by atoms with Gasteiger partial charge in [-0.2, -0.15) is 0 Å². The lowest BCUT2D eigenvalue weighted by molar-refractivity contribution is -0.0674. The molecule has 0 unspecified atom stereocenters. The summed E-state index contributed by atoms with van der Waals surface area (Å²) in [5.74, 6) is 1.59. The predicted octanol–water partition coefficient (Wildman–Crippen LogP) is 2.30. The first-order valence-electron chi connectivity index (χ1n) is 9.55. The highest BCUT2D eigenvalue weighted by Crippen LogP contribution is 2.42. The molecule has 1 aromatic heterocycles. The van der Waals surface area contributed by atoms with E-state index in [1.807, 2.05) is 4.90 Å². The van der Waals surface area contributed by atoms with Crippen molar-refractivity contribution in [3.8, 4) is 0 Å². The van der Waals surface area contributed by atoms with Gasteiger partial charge in [0.2, 0.25) is 5.82 Å². The van der Waals surface area contributed by atoms with Crippen LogP contribution in [-0.2, 0) is 9.47 Å². The summed E-state index contributed by atoms with van der Waals surface area (Å²) in [4.78, 5) is 22.5. The summed E-state index contributed by atoms with van der Waals surface area (Å²) in [6.07, 6.45) is 9.90. The minimum Gasteiger partial charge on any atom is -0.381 e. The summed E-state index contributed by atoms with van der Waals surface area (Å²) in [6, 6.07) is 1.73. The van der Waals surface area contributed by atoms with Gasteiger partial charge in [0, 0.05) is 45.3 Å². The fraction of sp³-hybridized carbons (Fsp3) is 0.737. The number of likely N-dealkylation sites (tertiary alicyclic amines) is 1. The molecule has 0 N–H and O–H groups in total. The van der Waals surface area contributed by atoms with Crippen LogP contribution in [0.2, 0.25) is 0 Å². The van der Waals surface area contributed by atoms with Gasteiger partial charge in [0.15, 0.2) is 0 Å². The van der Waals surface area contributed by atoms with Crippen LogP contribution in [0.25, 0.3) is 0 Å². The molecule has 4 rings (SSSR count). The Morgan fingerprint density at radius 2 is 2.00 bits per heavy atom. The predicted molar refractivity (Wildman–Crippen MR) is 92.1 cm³/mol. The molecule has 1 amide bonds.